The normalized spacial score (nSPS) is 11.5. The van der Waals surface area contributed by atoms with E-state index in [9.17, 15) is 9.59 Å². The van der Waals surface area contributed by atoms with Gasteiger partial charge in [-0.2, -0.15) is 0 Å². The lowest BCUT2D eigenvalue weighted by molar-refractivity contribution is -0.148. The quantitative estimate of drug-likeness (QED) is 0.0311. The first-order valence-electron chi connectivity index (χ1n) is 21.7. The molecule has 0 amide bonds. The summed E-state index contributed by atoms with van der Waals surface area (Å²) in [6.07, 6.45) is 36.1. The Bertz CT molecular complexity index is 686. The molecule has 314 valence electrons. The van der Waals surface area contributed by atoms with Crippen LogP contribution in [0.2, 0.25) is 0 Å². The Morgan fingerprint density at radius 1 is 0.423 bits per heavy atom. The number of carbonyl (C=O) groups excluding carboxylic acids is 2. The lowest BCUT2D eigenvalue weighted by atomic mass is 10.0. The Hall–Kier alpha value is -1.26. The van der Waals surface area contributed by atoms with Crippen LogP contribution in [0.15, 0.2) is 0 Å². The monoisotopic (exact) mass is 749 g/mol. The zero-order chi connectivity index (χ0) is 39.3. The predicted molar refractivity (Wildman–Crippen MR) is 215 cm³/mol. The van der Waals surface area contributed by atoms with Crippen LogP contribution in [0.4, 0.5) is 0 Å². The van der Waals surface area contributed by atoms with Crippen LogP contribution in [0.3, 0.4) is 0 Å². The van der Waals surface area contributed by atoms with Crippen molar-refractivity contribution >= 4 is 11.9 Å². The summed E-state index contributed by atoms with van der Waals surface area (Å²) in [7, 11) is 0. The molecule has 0 spiro atoms. The van der Waals surface area contributed by atoms with Gasteiger partial charge in [0.2, 0.25) is 0 Å². The number of aliphatic hydroxyl groups is 5. The number of hydrogen-bond acceptors (Lipinski definition) is 9. The molecule has 5 N–H and O–H groups in total. The summed E-state index contributed by atoms with van der Waals surface area (Å²) < 4.78 is 9.98. The lowest BCUT2D eigenvalue weighted by Crippen LogP contribution is -2.21. The van der Waals surface area contributed by atoms with Crippen LogP contribution in [0.25, 0.3) is 0 Å². The molecule has 52 heavy (non-hydrogen) atoms. The molecule has 0 aliphatic heterocycles. The van der Waals surface area contributed by atoms with Gasteiger partial charge >= 0.3 is 11.9 Å². The number of rotatable bonds is 36. The van der Waals surface area contributed by atoms with Crippen molar-refractivity contribution in [3.05, 3.63) is 0 Å². The van der Waals surface area contributed by atoms with Gasteiger partial charge in [0.05, 0.1) is 25.9 Å². The number of hydrogen-bond donors (Lipinski definition) is 5. The molecule has 0 fully saturated rings. The fourth-order valence-corrected chi connectivity index (χ4v) is 5.62. The molecule has 1 unspecified atom stereocenters. The van der Waals surface area contributed by atoms with E-state index < -0.39 is 12.2 Å². The second-order valence-corrected chi connectivity index (χ2v) is 14.8. The van der Waals surface area contributed by atoms with Gasteiger partial charge in [0.25, 0.3) is 0 Å². The van der Waals surface area contributed by atoms with E-state index in [1.165, 1.54) is 161 Å². The maximum absolute atomic E-state index is 11.4. The van der Waals surface area contributed by atoms with Crippen molar-refractivity contribution < 1.29 is 44.6 Å². The summed E-state index contributed by atoms with van der Waals surface area (Å²) in [5.41, 5.74) is 0. The van der Waals surface area contributed by atoms with Gasteiger partial charge in [-0.3, -0.25) is 9.59 Å². The Morgan fingerprint density at radius 3 is 0.942 bits per heavy atom. The van der Waals surface area contributed by atoms with E-state index in [4.69, 9.17) is 35.0 Å². The summed E-state index contributed by atoms with van der Waals surface area (Å²) in [5, 5.41) is 41.7. The van der Waals surface area contributed by atoms with Gasteiger partial charge in [0.15, 0.2) is 0 Å². The lowest BCUT2D eigenvalue weighted by Gasteiger charge is -2.08. The van der Waals surface area contributed by atoms with E-state index in [-0.39, 0.29) is 44.5 Å². The molecule has 0 radical (unpaired) electrons. The predicted octanol–water partition coefficient (Wildman–Crippen LogP) is 9.90. The standard InChI is InChI=1S/C21H42O4.C19H38O2.C3H8O3/c1-2-3-4-5-6-7-8-9-10-11-12-13-14-15-16-17-21(24)25-19-20(23)18-22;1-4-5-6-7-8-9-10-11-12-13-14-15-16-17-19(20)21-18(2)3;4-1-3(6)2-5/h20,22-23H,2-19H2,1H3;18H,4-17H2,1-3H3;3-6H,1-2H2. The van der Waals surface area contributed by atoms with Crippen LogP contribution in [0.1, 0.15) is 220 Å². The zero-order valence-corrected chi connectivity index (χ0v) is 34.6. The highest BCUT2D eigenvalue weighted by Gasteiger charge is 2.07. The molecule has 0 saturated heterocycles. The highest BCUT2D eigenvalue weighted by molar-refractivity contribution is 5.69. The van der Waals surface area contributed by atoms with Crippen molar-refractivity contribution in [1.82, 2.24) is 0 Å². The second kappa shape index (κ2) is 47.8. The minimum atomic E-state index is -0.954. The molecule has 0 aliphatic carbocycles. The molecule has 0 aromatic rings. The maximum Gasteiger partial charge on any atom is 0.306 e. The third kappa shape index (κ3) is 53.1. The molecular formula is C43H88O9. The largest absolute Gasteiger partial charge is 0.463 e. The molecule has 0 rings (SSSR count). The van der Waals surface area contributed by atoms with E-state index in [1.54, 1.807) is 0 Å². The number of esters is 2. The van der Waals surface area contributed by atoms with Crippen molar-refractivity contribution in [1.29, 1.82) is 0 Å². The molecule has 0 heterocycles. The Balaban J connectivity index is -0.000000805. The van der Waals surface area contributed by atoms with E-state index >= 15 is 0 Å². The number of carbonyl (C=O) groups is 2. The number of ether oxygens (including phenoxy) is 2. The summed E-state index contributed by atoms with van der Waals surface area (Å²) in [6.45, 7) is 7.14. The Morgan fingerprint density at radius 2 is 0.692 bits per heavy atom. The van der Waals surface area contributed by atoms with E-state index in [1.807, 2.05) is 13.8 Å². The molecule has 9 nitrogen and oxygen atoms in total. The Kier molecular flexibility index (Phi) is 50.6. The molecule has 0 bridgehead atoms. The first kappa shape index (κ1) is 55.1. The van der Waals surface area contributed by atoms with Crippen LogP contribution >= 0.6 is 0 Å². The first-order valence-corrected chi connectivity index (χ1v) is 21.7. The minimum Gasteiger partial charge on any atom is -0.463 e. The fraction of sp³-hybridized carbons (Fsp3) is 0.953. The molecule has 0 aromatic heterocycles. The van der Waals surface area contributed by atoms with Crippen molar-refractivity contribution in [2.24, 2.45) is 0 Å². The van der Waals surface area contributed by atoms with E-state index in [0.29, 0.717) is 12.8 Å². The van der Waals surface area contributed by atoms with Gasteiger partial charge in [-0.25, -0.2) is 0 Å². The summed E-state index contributed by atoms with van der Waals surface area (Å²) in [6, 6.07) is 0. The maximum atomic E-state index is 11.4. The first-order chi connectivity index (χ1) is 25.2. The highest BCUT2D eigenvalue weighted by Crippen LogP contribution is 2.15. The average Bonchev–Trinajstić information content (AvgIpc) is 3.13. The van der Waals surface area contributed by atoms with Crippen LogP contribution < -0.4 is 0 Å². The molecule has 0 aliphatic rings. The van der Waals surface area contributed by atoms with Gasteiger partial charge in [-0.05, 0) is 26.7 Å². The molecule has 0 saturated carbocycles. The molecule has 0 aromatic carbocycles. The summed E-state index contributed by atoms with van der Waals surface area (Å²) in [4.78, 5) is 22.7. The van der Waals surface area contributed by atoms with Crippen molar-refractivity contribution in [3.63, 3.8) is 0 Å². The van der Waals surface area contributed by atoms with E-state index in [2.05, 4.69) is 13.8 Å². The topological polar surface area (TPSA) is 154 Å². The Labute approximate surface area is 321 Å². The van der Waals surface area contributed by atoms with Gasteiger partial charge in [-0.15, -0.1) is 0 Å². The molecule has 1 atom stereocenters. The second-order valence-electron chi connectivity index (χ2n) is 14.8. The number of aliphatic hydroxyl groups excluding tert-OH is 5. The van der Waals surface area contributed by atoms with E-state index in [0.717, 1.165) is 19.3 Å². The summed E-state index contributed by atoms with van der Waals surface area (Å²) >= 11 is 0. The van der Waals surface area contributed by atoms with Crippen LogP contribution in [0, 0.1) is 0 Å². The highest BCUT2D eigenvalue weighted by atomic mass is 16.5. The van der Waals surface area contributed by atoms with Crippen LogP contribution in [-0.4, -0.2) is 82.2 Å². The van der Waals surface area contributed by atoms with Gasteiger partial charge in [-0.1, -0.05) is 181 Å². The third-order valence-electron chi connectivity index (χ3n) is 8.91. The van der Waals surface area contributed by atoms with Crippen LogP contribution in [-0.2, 0) is 19.1 Å². The van der Waals surface area contributed by atoms with Crippen LogP contribution in [0.5, 0.6) is 0 Å². The summed E-state index contributed by atoms with van der Waals surface area (Å²) in [5.74, 6) is -0.310. The van der Waals surface area contributed by atoms with Gasteiger partial charge in [0, 0.05) is 12.8 Å². The van der Waals surface area contributed by atoms with Crippen molar-refractivity contribution in [3.8, 4) is 0 Å². The van der Waals surface area contributed by atoms with Gasteiger partial charge in [0.1, 0.15) is 18.8 Å². The fourth-order valence-electron chi connectivity index (χ4n) is 5.62. The molecular weight excluding hydrogens is 660 g/mol. The molecule has 9 heteroatoms. The average molecular weight is 749 g/mol. The van der Waals surface area contributed by atoms with Crippen molar-refractivity contribution in [2.45, 2.75) is 239 Å². The third-order valence-corrected chi connectivity index (χ3v) is 8.91. The minimum absolute atomic E-state index is 0.0273. The van der Waals surface area contributed by atoms with Gasteiger partial charge < -0.3 is 35.0 Å². The number of unbranched alkanes of at least 4 members (excludes halogenated alkanes) is 26. The zero-order valence-electron chi connectivity index (χ0n) is 34.6. The smallest absolute Gasteiger partial charge is 0.306 e. The van der Waals surface area contributed by atoms with Crippen molar-refractivity contribution in [2.75, 3.05) is 26.4 Å². The SMILES string of the molecule is CCCCCCCCCCCCCCCC(=O)OC(C)C.CCCCCCCCCCCCCCCCCC(=O)OCC(O)CO.OCC(O)CO.